The lowest BCUT2D eigenvalue weighted by molar-refractivity contribution is 0.734. The number of hydrogen-bond acceptors (Lipinski definition) is 3. The van der Waals surface area contributed by atoms with Gasteiger partial charge in [0.2, 0.25) is 0 Å². The highest BCUT2D eigenvalue weighted by Crippen LogP contribution is 2.26. The summed E-state index contributed by atoms with van der Waals surface area (Å²) >= 11 is 3.53. The summed E-state index contributed by atoms with van der Waals surface area (Å²) in [5, 5.41) is 0. The number of halogens is 1. The number of nitrogens with zero attached hydrogens (tertiary/aromatic N) is 2. The van der Waals surface area contributed by atoms with E-state index in [0.29, 0.717) is 0 Å². The van der Waals surface area contributed by atoms with Gasteiger partial charge in [-0.15, -0.1) is 0 Å². The number of nitrogens with two attached hydrogens (primary N) is 1. The molecule has 1 aromatic carbocycles. The van der Waals surface area contributed by atoms with Gasteiger partial charge in [0.05, 0.1) is 0 Å². The van der Waals surface area contributed by atoms with Gasteiger partial charge in [-0.25, -0.2) is 0 Å². The monoisotopic (exact) mass is 333 g/mol. The molecule has 0 bridgehead atoms. The van der Waals surface area contributed by atoms with Crippen LogP contribution < -0.4 is 10.6 Å². The van der Waals surface area contributed by atoms with Gasteiger partial charge in [-0.05, 0) is 54.8 Å². The van der Waals surface area contributed by atoms with E-state index in [0.717, 1.165) is 17.4 Å². The summed E-state index contributed by atoms with van der Waals surface area (Å²) in [5.74, 6) is 0. The van der Waals surface area contributed by atoms with Crippen molar-refractivity contribution in [2.24, 2.45) is 5.73 Å². The Hall–Kier alpha value is -1.39. The lowest BCUT2D eigenvalue weighted by atomic mass is 10.0. The standard InChI is InChI=1S/C16H20BrN3/c1-12(18)9-14-10-15(17)3-4-16(14)20(2)11-13-5-7-19-8-6-13/h3-8,10,12H,9,11,18H2,1-2H3. The summed E-state index contributed by atoms with van der Waals surface area (Å²) in [5.41, 5.74) is 9.70. The fourth-order valence-electron chi connectivity index (χ4n) is 2.28. The third-order valence-electron chi connectivity index (χ3n) is 3.16. The van der Waals surface area contributed by atoms with Gasteiger partial charge in [0.1, 0.15) is 0 Å². The highest BCUT2D eigenvalue weighted by molar-refractivity contribution is 9.10. The van der Waals surface area contributed by atoms with E-state index in [9.17, 15) is 0 Å². The number of hydrogen-bond donors (Lipinski definition) is 1. The minimum atomic E-state index is 0.150. The van der Waals surface area contributed by atoms with E-state index in [1.54, 1.807) is 0 Å². The first-order chi connectivity index (χ1) is 9.56. The molecular formula is C16H20BrN3. The van der Waals surface area contributed by atoms with Crippen LogP contribution in [0.5, 0.6) is 0 Å². The van der Waals surface area contributed by atoms with Crippen molar-refractivity contribution in [2.75, 3.05) is 11.9 Å². The first kappa shape index (κ1) is 15.0. The van der Waals surface area contributed by atoms with Gasteiger partial charge < -0.3 is 10.6 Å². The lowest BCUT2D eigenvalue weighted by Crippen LogP contribution is -2.22. The second-order valence-corrected chi connectivity index (χ2v) is 6.08. The number of aromatic nitrogens is 1. The Morgan fingerprint density at radius 2 is 1.95 bits per heavy atom. The molecule has 2 rings (SSSR count). The molecule has 2 N–H and O–H groups in total. The number of benzene rings is 1. The third-order valence-corrected chi connectivity index (χ3v) is 3.66. The minimum absolute atomic E-state index is 0.150. The molecule has 1 unspecified atom stereocenters. The van der Waals surface area contributed by atoms with Gasteiger partial charge in [-0.3, -0.25) is 4.98 Å². The maximum Gasteiger partial charge on any atom is 0.0427 e. The van der Waals surface area contributed by atoms with Crippen molar-refractivity contribution in [3.8, 4) is 0 Å². The molecule has 0 amide bonds. The van der Waals surface area contributed by atoms with Crippen LogP contribution >= 0.6 is 15.9 Å². The Labute approximate surface area is 129 Å². The molecule has 0 aliphatic heterocycles. The number of anilines is 1. The highest BCUT2D eigenvalue weighted by Gasteiger charge is 2.10. The molecular weight excluding hydrogens is 314 g/mol. The molecule has 20 heavy (non-hydrogen) atoms. The fraction of sp³-hybridized carbons (Fsp3) is 0.312. The molecule has 0 radical (unpaired) electrons. The zero-order chi connectivity index (χ0) is 14.5. The van der Waals surface area contributed by atoms with E-state index in [-0.39, 0.29) is 6.04 Å². The Balaban J connectivity index is 2.22. The molecule has 1 atom stereocenters. The summed E-state index contributed by atoms with van der Waals surface area (Å²) < 4.78 is 1.09. The Morgan fingerprint density at radius 1 is 1.25 bits per heavy atom. The van der Waals surface area contributed by atoms with E-state index >= 15 is 0 Å². The van der Waals surface area contributed by atoms with E-state index in [1.807, 2.05) is 31.5 Å². The average molecular weight is 334 g/mol. The fourth-order valence-corrected chi connectivity index (χ4v) is 2.69. The van der Waals surface area contributed by atoms with Gasteiger partial charge in [0.25, 0.3) is 0 Å². The van der Waals surface area contributed by atoms with Crippen LogP contribution in [0, 0.1) is 0 Å². The normalized spacial score (nSPS) is 12.2. The molecule has 0 fully saturated rings. The van der Waals surface area contributed by atoms with E-state index in [1.165, 1.54) is 16.8 Å². The average Bonchev–Trinajstić information content (AvgIpc) is 2.39. The van der Waals surface area contributed by atoms with Crippen LogP contribution in [0.15, 0.2) is 47.2 Å². The smallest absolute Gasteiger partial charge is 0.0427 e. The number of pyridine rings is 1. The van der Waals surface area contributed by atoms with Gasteiger partial charge >= 0.3 is 0 Å². The second kappa shape index (κ2) is 6.86. The summed E-state index contributed by atoms with van der Waals surface area (Å²) in [6.45, 7) is 2.89. The van der Waals surface area contributed by atoms with Gasteiger partial charge in [0.15, 0.2) is 0 Å². The molecule has 0 saturated carbocycles. The van der Waals surface area contributed by atoms with E-state index in [2.05, 4.69) is 51.1 Å². The predicted octanol–water partition coefficient (Wildman–Crippen LogP) is 3.37. The Morgan fingerprint density at radius 3 is 2.60 bits per heavy atom. The first-order valence-corrected chi connectivity index (χ1v) is 7.49. The third kappa shape index (κ3) is 4.05. The van der Waals surface area contributed by atoms with E-state index < -0.39 is 0 Å². The van der Waals surface area contributed by atoms with Crippen LogP contribution in [-0.4, -0.2) is 18.1 Å². The van der Waals surface area contributed by atoms with Crippen molar-refractivity contribution in [3.05, 3.63) is 58.3 Å². The maximum absolute atomic E-state index is 5.95. The summed E-state index contributed by atoms with van der Waals surface area (Å²) in [4.78, 5) is 6.30. The predicted molar refractivity (Wildman–Crippen MR) is 87.8 cm³/mol. The molecule has 0 aliphatic carbocycles. The Bertz CT molecular complexity index is 555. The van der Waals surface area contributed by atoms with E-state index in [4.69, 9.17) is 5.73 Å². The van der Waals surface area contributed by atoms with Crippen molar-refractivity contribution >= 4 is 21.6 Å². The zero-order valence-electron chi connectivity index (χ0n) is 11.9. The van der Waals surface area contributed by atoms with Crippen LogP contribution in [0.25, 0.3) is 0 Å². The molecule has 0 saturated heterocycles. The second-order valence-electron chi connectivity index (χ2n) is 5.17. The molecule has 0 spiro atoms. The van der Waals surface area contributed by atoms with Gasteiger partial charge in [-0.1, -0.05) is 15.9 Å². The van der Waals surface area contributed by atoms with Crippen LogP contribution in [0.3, 0.4) is 0 Å². The van der Waals surface area contributed by atoms with Crippen molar-refractivity contribution in [1.29, 1.82) is 0 Å². The van der Waals surface area contributed by atoms with Gasteiger partial charge in [0, 0.05) is 42.2 Å². The topological polar surface area (TPSA) is 42.1 Å². The number of rotatable bonds is 5. The largest absolute Gasteiger partial charge is 0.370 e. The maximum atomic E-state index is 5.95. The first-order valence-electron chi connectivity index (χ1n) is 6.70. The quantitative estimate of drug-likeness (QED) is 0.912. The molecule has 2 aromatic rings. The molecule has 4 heteroatoms. The minimum Gasteiger partial charge on any atom is -0.370 e. The van der Waals surface area contributed by atoms with Crippen LogP contribution in [0.4, 0.5) is 5.69 Å². The molecule has 0 aliphatic rings. The summed E-state index contributed by atoms with van der Waals surface area (Å²) in [7, 11) is 2.11. The van der Waals surface area contributed by atoms with Crippen LogP contribution in [-0.2, 0) is 13.0 Å². The van der Waals surface area contributed by atoms with Crippen molar-refractivity contribution < 1.29 is 0 Å². The van der Waals surface area contributed by atoms with Crippen molar-refractivity contribution in [3.63, 3.8) is 0 Å². The lowest BCUT2D eigenvalue weighted by Gasteiger charge is -2.23. The summed E-state index contributed by atoms with van der Waals surface area (Å²) in [6, 6.07) is 10.6. The van der Waals surface area contributed by atoms with Gasteiger partial charge in [-0.2, -0.15) is 0 Å². The zero-order valence-corrected chi connectivity index (χ0v) is 13.5. The van der Waals surface area contributed by atoms with Crippen molar-refractivity contribution in [2.45, 2.75) is 25.9 Å². The SMILES string of the molecule is CC(N)Cc1cc(Br)ccc1N(C)Cc1ccncc1. The van der Waals surface area contributed by atoms with Crippen molar-refractivity contribution in [1.82, 2.24) is 4.98 Å². The molecule has 3 nitrogen and oxygen atoms in total. The highest BCUT2D eigenvalue weighted by atomic mass is 79.9. The molecule has 1 aromatic heterocycles. The molecule has 106 valence electrons. The van der Waals surface area contributed by atoms with Crippen LogP contribution in [0.1, 0.15) is 18.1 Å². The molecule has 1 heterocycles. The summed E-state index contributed by atoms with van der Waals surface area (Å²) in [6.07, 6.45) is 4.52. The van der Waals surface area contributed by atoms with Crippen LogP contribution in [0.2, 0.25) is 0 Å². The Kier molecular flexibility index (Phi) is 5.15.